The average molecular weight is 292 g/mol. The van der Waals surface area contributed by atoms with Crippen molar-refractivity contribution in [2.75, 3.05) is 50.5 Å². The van der Waals surface area contributed by atoms with Crippen LogP contribution in [0.1, 0.15) is 31.7 Å². The third-order valence-electron chi connectivity index (χ3n) is 3.82. The van der Waals surface area contributed by atoms with Crippen molar-refractivity contribution in [3.8, 4) is 0 Å². The second-order valence-electron chi connectivity index (χ2n) is 5.64. The van der Waals surface area contributed by atoms with Crippen molar-refractivity contribution in [3.05, 3.63) is 11.4 Å². The SMILES string of the molecule is CCCNc1nc(CC)nc(NN2CCN(C)CC2)c1C. The van der Waals surface area contributed by atoms with Crippen LogP contribution in [0, 0.1) is 6.92 Å². The summed E-state index contributed by atoms with van der Waals surface area (Å²) in [6.07, 6.45) is 1.94. The van der Waals surface area contributed by atoms with Gasteiger partial charge in [0.05, 0.1) is 0 Å². The Hall–Kier alpha value is -1.40. The first-order valence-electron chi connectivity index (χ1n) is 7.95. The monoisotopic (exact) mass is 292 g/mol. The fourth-order valence-corrected chi connectivity index (χ4v) is 2.31. The topological polar surface area (TPSA) is 56.3 Å². The minimum atomic E-state index is 0.846. The molecule has 2 rings (SSSR count). The summed E-state index contributed by atoms with van der Waals surface area (Å²) in [6, 6.07) is 0. The third-order valence-corrected chi connectivity index (χ3v) is 3.82. The fraction of sp³-hybridized carbons (Fsp3) is 0.733. The summed E-state index contributed by atoms with van der Waals surface area (Å²) in [5.41, 5.74) is 4.57. The fourth-order valence-electron chi connectivity index (χ4n) is 2.31. The van der Waals surface area contributed by atoms with Gasteiger partial charge in [-0.25, -0.2) is 15.0 Å². The lowest BCUT2D eigenvalue weighted by Crippen LogP contribution is -2.47. The Morgan fingerprint density at radius 2 is 1.71 bits per heavy atom. The minimum absolute atomic E-state index is 0.846. The first-order valence-corrected chi connectivity index (χ1v) is 7.95. The molecule has 1 aliphatic heterocycles. The number of aryl methyl sites for hydroxylation is 1. The number of nitrogens with one attached hydrogen (secondary N) is 2. The molecular formula is C15H28N6. The molecule has 0 spiro atoms. The first kappa shape index (κ1) is 16.0. The van der Waals surface area contributed by atoms with Crippen molar-refractivity contribution in [1.29, 1.82) is 0 Å². The third kappa shape index (κ3) is 4.28. The van der Waals surface area contributed by atoms with Gasteiger partial charge in [-0.1, -0.05) is 13.8 Å². The van der Waals surface area contributed by atoms with E-state index in [1.54, 1.807) is 0 Å². The van der Waals surface area contributed by atoms with Crippen molar-refractivity contribution in [2.45, 2.75) is 33.6 Å². The summed E-state index contributed by atoms with van der Waals surface area (Å²) in [5.74, 6) is 2.78. The zero-order chi connectivity index (χ0) is 15.2. The molecule has 1 saturated heterocycles. The van der Waals surface area contributed by atoms with E-state index in [9.17, 15) is 0 Å². The van der Waals surface area contributed by atoms with E-state index >= 15 is 0 Å². The second-order valence-corrected chi connectivity index (χ2v) is 5.64. The Bertz CT molecular complexity index is 454. The van der Waals surface area contributed by atoms with Gasteiger partial charge in [0.1, 0.15) is 17.5 Å². The maximum Gasteiger partial charge on any atom is 0.149 e. The largest absolute Gasteiger partial charge is 0.370 e. The average Bonchev–Trinajstić information content (AvgIpc) is 2.50. The highest BCUT2D eigenvalue weighted by atomic mass is 15.5. The van der Waals surface area contributed by atoms with E-state index in [-0.39, 0.29) is 0 Å². The quantitative estimate of drug-likeness (QED) is 0.833. The van der Waals surface area contributed by atoms with Crippen molar-refractivity contribution in [1.82, 2.24) is 19.9 Å². The van der Waals surface area contributed by atoms with Crippen LogP contribution in [0.2, 0.25) is 0 Å². The van der Waals surface area contributed by atoms with E-state index in [1.165, 1.54) is 0 Å². The van der Waals surface area contributed by atoms with Gasteiger partial charge in [-0.05, 0) is 20.4 Å². The van der Waals surface area contributed by atoms with Crippen LogP contribution in [-0.2, 0) is 6.42 Å². The maximum atomic E-state index is 4.66. The standard InChI is InChI=1S/C15H28N6/c1-5-7-16-14-12(3)15(18-13(6-2)17-14)19-21-10-8-20(4)9-11-21/h5-11H2,1-4H3,(H2,16,17,18,19). The van der Waals surface area contributed by atoms with E-state index in [0.29, 0.717) is 0 Å². The summed E-state index contributed by atoms with van der Waals surface area (Å²) >= 11 is 0. The highest BCUT2D eigenvalue weighted by molar-refractivity contribution is 5.56. The van der Waals surface area contributed by atoms with E-state index in [0.717, 1.165) is 68.6 Å². The summed E-state index contributed by atoms with van der Waals surface area (Å²) in [4.78, 5) is 11.6. The maximum absolute atomic E-state index is 4.66. The predicted octanol–water partition coefficient (Wildman–Crippen LogP) is 1.74. The van der Waals surface area contributed by atoms with Crippen LogP contribution in [-0.4, -0.2) is 59.6 Å². The predicted molar refractivity (Wildman–Crippen MR) is 87.6 cm³/mol. The lowest BCUT2D eigenvalue weighted by molar-refractivity contribution is 0.178. The van der Waals surface area contributed by atoms with E-state index < -0.39 is 0 Å². The van der Waals surface area contributed by atoms with Crippen LogP contribution in [0.5, 0.6) is 0 Å². The molecule has 118 valence electrons. The van der Waals surface area contributed by atoms with Crippen LogP contribution < -0.4 is 10.7 Å². The first-order chi connectivity index (χ1) is 10.1. The number of nitrogens with zero attached hydrogens (tertiary/aromatic N) is 4. The Kier molecular flexibility index (Phi) is 5.76. The van der Waals surface area contributed by atoms with Gasteiger partial charge < -0.3 is 15.6 Å². The van der Waals surface area contributed by atoms with Gasteiger partial charge in [-0.2, -0.15) is 0 Å². The Morgan fingerprint density at radius 3 is 2.33 bits per heavy atom. The van der Waals surface area contributed by atoms with E-state index in [4.69, 9.17) is 0 Å². The van der Waals surface area contributed by atoms with Crippen molar-refractivity contribution in [2.24, 2.45) is 0 Å². The highest BCUT2D eigenvalue weighted by Crippen LogP contribution is 2.21. The van der Waals surface area contributed by atoms with Gasteiger partial charge in [-0.3, -0.25) is 0 Å². The molecule has 2 N–H and O–H groups in total. The molecule has 1 aromatic heterocycles. The molecule has 0 bridgehead atoms. The number of anilines is 2. The molecule has 0 saturated carbocycles. The number of aromatic nitrogens is 2. The zero-order valence-corrected chi connectivity index (χ0v) is 13.7. The molecule has 2 heterocycles. The molecule has 0 radical (unpaired) electrons. The molecule has 1 aliphatic rings. The minimum Gasteiger partial charge on any atom is -0.370 e. The molecule has 0 amide bonds. The van der Waals surface area contributed by atoms with Crippen molar-refractivity contribution >= 4 is 11.6 Å². The number of piperazine rings is 1. The van der Waals surface area contributed by atoms with E-state index in [1.807, 2.05) is 0 Å². The number of hydrazine groups is 1. The summed E-state index contributed by atoms with van der Waals surface area (Å²) in [7, 11) is 2.16. The van der Waals surface area contributed by atoms with Gasteiger partial charge >= 0.3 is 0 Å². The zero-order valence-electron chi connectivity index (χ0n) is 13.7. The highest BCUT2D eigenvalue weighted by Gasteiger charge is 2.16. The Balaban J connectivity index is 2.13. The van der Waals surface area contributed by atoms with Gasteiger partial charge in [-0.15, -0.1) is 0 Å². The normalized spacial score (nSPS) is 17.0. The van der Waals surface area contributed by atoms with Crippen LogP contribution in [0.4, 0.5) is 11.6 Å². The molecule has 6 nitrogen and oxygen atoms in total. The molecule has 21 heavy (non-hydrogen) atoms. The summed E-state index contributed by atoms with van der Waals surface area (Å²) in [6.45, 7) is 11.5. The lowest BCUT2D eigenvalue weighted by atomic mass is 10.3. The number of likely N-dealkylation sites (N-methyl/N-ethyl adjacent to an activating group) is 1. The van der Waals surface area contributed by atoms with Crippen molar-refractivity contribution < 1.29 is 0 Å². The van der Waals surface area contributed by atoms with Crippen LogP contribution >= 0.6 is 0 Å². The van der Waals surface area contributed by atoms with Crippen LogP contribution in [0.3, 0.4) is 0 Å². The molecule has 0 unspecified atom stereocenters. The molecule has 1 fully saturated rings. The molecule has 6 heteroatoms. The number of hydrogen-bond acceptors (Lipinski definition) is 6. The molecule has 0 atom stereocenters. The lowest BCUT2D eigenvalue weighted by Gasteiger charge is -2.33. The molecule has 1 aromatic rings. The van der Waals surface area contributed by atoms with Gasteiger partial charge in [0, 0.05) is 44.7 Å². The Morgan fingerprint density at radius 1 is 1.05 bits per heavy atom. The number of rotatable bonds is 6. The smallest absolute Gasteiger partial charge is 0.149 e. The van der Waals surface area contributed by atoms with Gasteiger partial charge in [0.25, 0.3) is 0 Å². The second kappa shape index (κ2) is 7.56. The van der Waals surface area contributed by atoms with Crippen LogP contribution in [0.25, 0.3) is 0 Å². The molecule has 0 aliphatic carbocycles. The summed E-state index contributed by atoms with van der Waals surface area (Å²) < 4.78 is 0. The van der Waals surface area contributed by atoms with Gasteiger partial charge in [0.15, 0.2) is 0 Å². The van der Waals surface area contributed by atoms with E-state index in [2.05, 4.69) is 58.4 Å². The van der Waals surface area contributed by atoms with Crippen LogP contribution in [0.15, 0.2) is 0 Å². The molecular weight excluding hydrogens is 264 g/mol. The Labute approximate surface area is 127 Å². The number of hydrogen-bond donors (Lipinski definition) is 2. The van der Waals surface area contributed by atoms with Gasteiger partial charge in [0.2, 0.25) is 0 Å². The summed E-state index contributed by atoms with van der Waals surface area (Å²) in [5, 5.41) is 5.65. The molecule has 0 aromatic carbocycles. The van der Waals surface area contributed by atoms with Crippen molar-refractivity contribution in [3.63, 3.8) is 0 Å².